The standard InChI is InChI=1S/C23H25N3O4S/c1-14-10-16(15(2)25(14)13-19-8-5-9-30-19)11-20-21(27)24-23(31)26(22(20)28)17-6-4-7-18(12-17)29-3/h4,6-7,10-12,19H,5,8-9,13H2,1-3H3,(H,24,27,31)/b20-11+/t19-/m1/s1. The second-order valence-corrected chi connectivity index (χ2v) is 8.12. The Balaban J connectivity index is 1.67. The van der Waals surface area contributed by atoms with Gasteiger partial charge in [0, 0.05) is 30.6 Å². The van der Waals surface area contributed by atoms with E-state index in [1.54, 1.807) is 37.5 Å². The first kappa shape index (κ1) is 21.3. The number of nitrogens with one attached hydrogen (secondary N) is 1. The van der Waals surface area contributed by atoms with Crippen LogP contribution in [0.4, 0.5) is 5.69 Å². The van der Waals surface area contributed by atoms with E-state index < -0.39 is 11.8 Å². The summed E-state index contributed by atoms with van der Waals surface area (Å²) in [4.78, 5) is 27.2. The van der Waals surface area contributed by atoms with Crippen molar-refractivity contribution in [1.82, 2.24) is 9.88 Å². The number of hydrogen-bond donors (Lipinski definition) is 1. The first-order valence-corrected chi connectivity index (χ1v) is 10.6. The minimum absolute atomic E-state index is 0.0359. The first-order chi connectivity index (χ1) is 14.9. The SMILES string of the molecule is COc1cccc(N2C(=O)/C(=C/c3cc(C)n(C[C@H]4CCCO4)c3C)C(=O)NC2=S)c1. The molecular weight excluding hydrogens is 414 g/mol. The van der Waals surface area contributed by atoms with E-state index in [1.807, 2.05) is 19.9 Å². The van der Waals surface area contributed by atoms with Gasteiger partial charge in [-0.05, 0) is 68.7 Å². The number of aromatic nitrogens is 1. The van der Waals surface area contributed by atoms with E-state index in [4.69, 9.17) is 21.7 Å². The molecule has 2 aliphatic heterocycles. The van der Waals surface area contributed by atoms with Crippen LogP contribution >= 0.6 is 12.2 Å². The Hall–Kier alpha value is -2.97. The zero-order valence-corrected chi connectivity index (χ0v) is 18.6. The third-order valence-corrected chi connectivity index (χ3v) is 6.02. The highest BCUT2D eigenvalue weighted by molar-refractivity contribution is 7.80. The smallest absolute Gasteiger partial charge is 0.270 e. The summed E-state index contributed by atoms with van der Waals surface area (Å²) in [7, 11) is 1.55. The number of benzene rings is 1. The van der Waals surface area contributed by atoms with Crippen LogP contribution in [0.3, 0.4) is 0 Å². The van der Waals surface area contributed by atoms with Crippen LogP contribution < -0.4 is 15.0 Å². The lowest BCUT2D eigenvalue weighted by molar-refractivity contribution is -0.122. The van der Waals surface area contributed by atoms with E-state index in [2.05, 4.69) is 9.88 Å². The molecule has 31 heavy (non-hydrogen) atoms. The van der Waals surface area contributed by atoms with Gasteiger partial charge in [0.05, 0.1) is 18.9 Å². The Kier molecular flexibility index (Phi) is 5.93. The highest BCUT2D eigenvalue weighted by atomic mass is 32.1. The van der Waals surface area contributed by atoms with Gasteiger partial charge in [-0.3, -0.25) is 19.8 Å². The van der Waals surface area contributed by atoms with Crippen molar-refractivity contribution < 1.29 is 19.1 Å². The van der Waals surface area contributed by atoms with E-state index >= 15 is 0 Å². The number of hydrogen-bond acceptors (Lipinski definition) is 5. The quantitative estimate of drug-likeness (QED) is 0.440. The van der Waals surface area contributed by atoms with Gasteiger partial charge in [-0.2, -0.15) is 0 Å². The molecule has 1 aromatic heterocycles. The lowest BCUT2D eigenvalue weighted by Crippen LogP contribution is -2.54. The fourth-order valence-electron chi connectivity index (χ4n) is 4.04. The van der Waals surface area contributed by atoms with Gasteiger partial charge in [0.2, 0.25) is 0 Å². The zero-order chi connectivity index (χ0) is 22.1. The average molecular weight is 440 g/mol. The van der Waals surface area contributed by atoms with Crippen LogP contribution in [0.25, 0.3) is 6.08 Å². The molecule has 0 saturated carbocycles. The third-order valence-electron chi connectivity index (χ3n) is 5.74. The summed E-state index contributed by atoms with van der Waals surface area (Å²) in [5.74, 6) is -0.378. The Bertz CT molecular complexity index is 1080. The molecule has 8 heteroatoms. The minimum Gasteiger partial charge on any atom is -0.497 e. The van der Waals surface area contributed by atoms with Crippen LogP contribution in [0.1, 0.15) is 29.8 Å². The second-order valence-electron chi connectivity index (χ2n) is 7.73. The summed E-state index contributed by atoms with van der Waals surface area (Å²) in [6.07, 6.45) is 3.96. The van der Waals surface area contributed by atoms with Crippen molar-refractivity contribution in [3.05, 3.63) is 52.9 Å². The lowest BCUT2D eigenvalue weighted by atomic mass is 10.1. The van der Waals surface area contributed by atoms with E-state index in [0.29, 0.717) is 11.4 Å². The highest BCUT2D eigenvalue weighted by Gasteiger charge is 2.35. The van der Waals surface area contributed by atoms with Crippen LogP contribution in [0.2, 0.25) is 0 Å². The minimum atomic E-state index is -0.502. The van der Waals surface area contributed by atoms with Gasteiger partial charge in [-0.15, -0.1) is 0 Å². The molecule has 0 unspecified atom stereocenters. The van der Waals surface area contributed by atoms with Gasteiger partial charge in [0.25, 0.3) is 11.8 Å². The number of ether oxygens (including phenoxy) is 2. The van der Waals surface area contributed by atoms with Crippen molar-refractivity contribution in [3.8, 4) is 5.75 Å². The molecule has 0 bridgehead atoms. The first-order valence-electron chi connectivity index (χ1n) is 10.2. The van der Waals surface area contributed by atoms with Crippen molar-refractivity contribution in [2.24, 2.45) is 0 Å². The normalized spacial score (nSPS) is 20.5. The van der Waals surface area contributed by atoms with E-state index in [-0.39, 0.29) is 16.8 Å². The zero-order valence-electron chi connectivity index (χ0n) is 17.8. The van der Waals surface area contributed by atoms with Crippen molar-refractivity contribution in [2.75, 3.05) is 18.6 Å². The Labute approximate surface area is 186 Å². The van der Waals surface area contributed by atoms with E-state index in [9.17, 15) is 9.59 Å². The van der Waals surface area contributed by atoms with Crippen molar-refractivity contribution in [1.29, 1.82) is 0 Å². The summed E-state index contributed by atoms with van der Waals surface area (Å²) in [5, 5.41) is 2.67. The predicted molar refractivity (Wildman–Crippen MR) is 122 cm³/mol. The predicted octanol–water partition coefficient (Wildman–Crippen LogP) is 3.12. The van der Waals surface area contributed by atoms with Gasteiger partial charge < -0.3 is 14.0 Å². The molecule has 0 radical (unpaired) electrons. The Morgan fingerprint density at radius 2 is 2.10 bits per heavy atom. The van der Waals surface area contributed by atoms with Gasteiger partial charge >= 0.3 is 0 Å². The van der Waals surface area contributed by atoms with E-state index in [1.165, 1.54) is 4.90 Å². The summed E-state index contributed by atoms with van der Waals surface area (Å²) < 4.78 is 13.2. The third kappa shape index (κ3) is 4.13. The number of carbonyl (C=O) groups is 2. The Morgan fingerprint density at radius 1 is 1.29 bits per heavy atom. The lowest BCUT2D eigenvalue weighted by Gasteiger charge is -2.29. The Morgan fingerprint density at radius 3 is 2.81 bits per heavy atom. The summed E-state index contributed by atoms with van der Waals surface area (Å²) in [6.45, 7) is 5.57. The maximum Gasteiger partial charge on any atom is 0.270 e. The molecule has 3 heterocycles. The maximum absolute atomic E-state index is 13.3. The number of methoxy groups -OCH3 is 1. The number of aryl methyl sites for hydroxylation is 1. The summed E-state index contributed by atoms with van der Waals surface area (Å²) in [6, 6.07) is 8.98. The van der Waals surface area contributed by atoms with Crippen LogP contribution in [0.5, 0.6) is 5.75 Å². The molecule has 0 aliphatic carbocycles. The van der Waals surface area contributed by atoms with Crippen molar-refractivity contribution in [2.45, 2.75) is 39.3 Å². The molecule has 1 aromatic carbocycles. The molecule has 0 spiro atoms. The van der Waals surface area contributed by atoms with Crippen molar-refractivity contribution in [3.63, 3.8) is 0 Å². The number of carbonyl (C=O) groups excluding carboxylic acids is 2. The molecule has 2 aliphatic rings. The topological polar surface area (TPSA) is 72.8 Å². The molecular formula is C23H25N3O4S. The van der Waals surface area contributed by atoms with Crippen molar-refractivity contribution >= 4 is 40.9 Å². The molecule has 162 valence electrons. The molecule has 2 amide bonds. The fourth-order valence-corrected chi connectivity index (χ4v) is 4.32. The summed E-state index contributed by atoms with van der Waals surface area (Å²) >= 11 is 5.28. The number of nitrogens with zero attached hydrogens (tertiary/aromatic N) is 2. The molecule has 2 saturated heterocycles. The monoisotopic (exact) mass is 439 g/mol. The number of anilines is 1. The van der Waals surface area contributed by atoms with Gasteiger partial charge in [-0.25, -0.2) is 0 Å². The van der Waals surface area contributed by atoms with Crippen LogP contribution in [-0.4, -0.2) is 41.3 Å². The fraction of sp³-hybridized carbons (Fsp3) is 0.348. The average Bonchev–Trinajstić information content (AvgIpc) is 3.35. The van der Waals surface area contributed by atoms with Crippen LogP contribution in [0, 0.1) is 13.8 Å². The maximum atomic E-state index is 13.3. The molecule has 2 aromatic rings. The molecule has 1 N–H and O–H groups in total. The molecule has 1 atom stereocenters. The highest BCUT2D eigenvalue weighted by Crippen LogP contribution is 2.27. The second kappa shape index (κ2) is 8.64. The number of thiocarbonyl (C=S) groups is 1. The van der Waals surface area contributed by atoms with E-state index in [0.717, 1.165) is 42.9 Å². The van der Waals surface area contributed by atoms with Crippen LogP contribution in [0.15, 0.2) is 35.9 Å². The van der Waals surface area contributed by atoms with Gasteiger partial charge in [-0.1, -0.05) is 6.07 Å². The van der Waals surface area contributed by atoms with Gasteiger partial charge in [0.1, 0.15) is 11.3 Å². The summed E-state index contributed by atoms with van der Waals surface area (Å²) in [5.41, 5.74) is 3.44. The molecule has 4 rings (SSSR count). The molecule has 7 nitrogen and oxygen atoms in total. The van der Waals surface area contributed by atoms with Crippen LogP contribution in [-0.2, 0) is 20.9 Å². The molecule has 2 fully saturated rings. The van der Waals surface area contributed by atoms with Gasteiger partial charge in [0.15, 0.2) is 5.11 Å². The number of amides is 2. The largest absolute Gasteiger partial charge is 0.497 e. The number of rotatable bonds is 5.